The Labute approximate surface area is 88.6 Å². The third-order valence-electron chi connectivity index (χ3n) is 3.82. The number of hydrogen-bond donors (Lipinski definition) is 2. The van der Waals surface area contributed by atoms with Crippen LogP contribution in [0.5, 0.6) is 0 Å². The van der Waals surface area contributed by atoms with E-state index in [4.69, 9.17) is 5.73 Å². The van der Waals surface area contributed by atoms with Gasteiger partial charge in [0.1, 0.15) is 0 Å². The molecule has 84 valence electrons. The second-order valence-corrected chi connectivity index (χ2v) is 4.72. The molecular weight excluding hydrogens is 172 g/mol. The maximum absolute atomic E-state index is 5.92. The number of likely N-dealkylation sites (N-methyl/N-ethyl adjacent to an activating group) is 1. The highest BCUT2D eigenvalue weighted by Crippen LogP contribution is 2.31. The van der Waals surface area contributed by atoms with Crippen molar-refractivity contribution in [3.8, 4) is 0 Å². The minimum atomic E-state index is 0.263. The van der Waals surface area contributed by atoms with E-state index in [1.54, 1.807) is 0 Å². The second kappa shape index (κ2) is 5.72. The van der Waals surface area contributed by atoms with Gasteiger partial charge < -0.3 is 11.1 Å². The minimum absolute atomic E-state index is 0.263. The van der Waals surface area contributed by atoms with Crippen LogP contribution in [0, 0.1) is 5.92 Å². The highest BCUT2D eigenvalue weighted by molar-refractivity contribution is 4.91. The second-order valence-electron chi connectivity index (χ2n) is 4.72. The van der Waals surface area contributed by atoms with Gasteiger partial charge in [0.05, 0.1) is 0 Å². The van der Waals surface area contributed by atoms with Gasteiger partial charge in [-0.2, -0.15) is 0 Å². The molecule has 0 saturated heterocycles. The first-order valence-electron chi connectivity index (χ1n) is 6.21. The largest absolute Gasteiger partial charge is 0.329 e. The lowest BCUT2D eigenvalue weighted by Gasteiger charge is -2.32. The normalized spacial score (nSPS) is 34.1. The van der Waals surface area contributed by atoms with Crippen molar-refractivity contribution >= 4 is 0 Å². The van der Waals surface area contributed by atoms with Crippen molar-refractivity contribution in [2.24, 2.45) is 11.7 Å². The van der Waals surface area contributed by atoms with Crippen LogP contribution in [0.4, 0.5) is 0 Å². The standard InChI is InChI=1S/C12H26N2/c1-3-11-6-5-8-12(10-13,9-7-11)14-4-2/h11,14H,3-10,13H2,1-2H3. The molecule has 1 aliphatic carbocycles. The van der Waals surface area contributed by atoms with Crippen LogP contribution in [-0.4, -0.2) is 18.6 Å². The molecule has 0 aromatic heterocycles. The highest BCUT2D eigenvalue weighted by atomic mass is 15.0. The van der Waals surface area contributed by atoms with Crippen molar-refractivity contribution < 1.29 is 0 Å². The van der Waals surface area contributed by atoms with Gasteiger partial charge in [0.15, 0.2) is 0 Å². The summed E-state index contributed by atoms with van der Waals surface area (Å²) >= 11 is 0. The van der Waals surface area contributed by atoms with E-state index in [1.807, 2.05) is 0 Å². The lowest BCUT2D eigenvalue weighted by atomic mass is 9.89. The molecule has 0 aliphatic heterocycles. The van der Waals surface area contributed by atoms with Crippen LogP contribution in [-0.2, 0) is 0 Å². The van der Waals surface area contributed by atoms with Gasteiger partial charge in [-0.1, -0.05) is 33.1 Å². The molecule has 0 aromatic rings. The number of nitrogens with one attached hydrogen (secondary N) is 1. The molecule has 14 heavy (non-hydrogen) atoms. The molecule has 0 bridgehead atoms. The summed E-state index contributed by atoms with van der Waals surface area (Å²) in [5.41, 5.74) is 6.18. The SMILES string of the molecule is CCNC1(CN)CCCC(CC)CC1. The van der Waals surface area contributed by atoms with Crippen molar-refractivity contribution in [3.05, 3.63) is 0 Å². The zero-order valence-corrected chi connectivity index (χ0v) is 9.81. The summed E-state index contributed by atoms with van der Waals surface area (Å²) in [5, 5.41) is 3.61. The molecule has 1 saturated carbocycles. The van der Waals surface area contributed by atoms with Crippen LogP contribution < -0.4 is 11.1 Å². The summed E-state index contributed by atoms with van der Waals surface area (Å²) in [4.78, 5) is 0. The molecule has 3 N–H and O–H groups in total. The van der Waals surface area contributed by atoms with Gasteiger partial charge in [0.2, 0.25) is 0 Å². The Morgan fingerprint density at radius 1 is 1.29 bits per heavy atom. The van der Waals surface area contributed by atoms with Crippen LogP contribution in [0.3, 0.4) is 0 Å². The van der Waals surface area contributed by atoms with Crippen molar-refractivity contribution in [3.63, 3.8) is 0 Å². The van der Waals surface area contributed by atoms with Crippen molar-refractivity contribution in [2.45, 2.75) is 57.9 Å². The first-order valence-corrected chi connectivity index (χ1v) is 6.21. The summed E-state index contributed by atoms with van der Waals surface area (Å²) in [7, 11) is 0. The Bertz CT molecular complexity index is 158. The Morgan fingerprint density at radius 2 is 2.07 bits per heavy atom. The molecule has 2 atom stereocenters. The van der Waals surface area contributed by atoms with E-state index in [1.165, 1.54) is 38.5 Å². The lowest BCUT2D eigenvalue weighted by molar-refractivity contribution is 0.294. The topological polar surface area (TPSA) is 38.0 Å². The third-order valence-corrected chi connectivity index (χ3v) is 3.82. The molecule has 0 amide bonds. The van der Waals surface area contributed by atoms with Gasteiger partial charge in [-0.15, -0.1) is 0 Å². The fraction of sp³-hybridized carbons (Fsp3) is 1.00. The van der Waals surface area contributed by atoms with Gasteiger partial charge in [-0.25, -0.2) is 0 Å². The van der Waals surface area contributed by atoms with Crippen molar-refractivity contribution in [2.75, 3.05) is 13.1 Å². The predicted octanol–water partition coefficient (Wildman–Crippen LogP) is 2.28. The van der Waals surface area contributed by atoms with Crippen molar-refractivity contribution in [1.82, 2.24) is 5.32 Å². The average molecular weight is 198 g/mol. The minimum Gasteiger partial charge on any atom is -0.329 e. The summed E-state index contributed by atoms with van der Waals surface area (Å²) in [6.45, 7) is 6.35. The van der Waals surface area contributed by atoms with E-state index in [9.17, 15) is 0 Å². The molecule has 1 fully saturated rings. The number of nitrogens with two attached hydrogens (primary N) is 1. The van der Waals surface area contributed by atoms with Gasteiger partial charge >= 0.3 is 0 Å². The first-order chi connectivity index (χ1) is 6.76. The van der Waals surface area contributed by atoms with Crippen LogP contribution in [0.15, 0.2) is 0 Å². The zero-order valence-electron chi connectivity index (χ0n) is 9.81. The van der Waals surface area contributed by atoms with Crippen molar-refractivity contribution in [1.29, 1.82) is 0 Å². The summed E-state index contributed by atoms with van der Waals surface area (Å²) in [6.07, 6.45) is 8.00. The first kappa shape index (κ1) is 12.0. The molecule has 1 aliphatic rings. The van der Waals surface area contributed by atoms with Gasteiger partial charge in [0.25, 0.3) is 0 Å². The molecule has 2 unspecified atom stereocenters. The molecule has 2 nitrogen and oxygen atoms in total. The molecule has 0 spiro atoms. The fourth-order valence-corrected chi connectivity index (χ4v) is 2.72. The Kier molecular flexibility index (Phi) is 4.90. The van der Waals surface area contributed by atoms with E-state index in [0.29, 0.717) is 0 Å². The Hall–Kier alpha value is -0.0800. The maximum Gasteiger partial charge on any atom is 0.0304 e. The molecule has 0 aromatic carbocycles. The highest BCUT2D eigenvalue weighted by Gasteiger charge is 2.30. The zero-order chi connectivity index (χ0) is 10.4. The van der Waals surface area contributed by atoms with E-state index in [0.717, 1.165) is 19.0 Å². The monoisotopic (exact) mass is 198 g/mol. The van der Waals surface area contributed by atoms with Crippen LogP contribution in [0.25, 0.3) is 0 Å². The van der Waals surface area contributed by atoms with Crippen LogP contribution >= 0.6 is 0 Å². The molecule has 2 heteroatoms. The molecule has 1 rings (SSSR count). The molecule has 0 radical (unpaired) electrons. The summed E-state index contributed by atoms with van der Waals surface area (Å²) in [5.74, 6) is 0.946. The molecular formula is C12H26N2. The molecule has 0 heterocycles. The summed E-state index contributed by atoms with van der Waals surface area (Å²) in [6, 6.07) is 0. The smallest absolute Gasteiger partial charge is 0.0304 e. The summed E-state index contributed by atoms with van der Waals surface area (Å²) < 4.78 is 0. The Morgan fingerprint density at radius 3 is 2.64 bits per heavy atom. The van der Waals surface area contributed by atoms with E-state index >= 15 is 0 Å². The van der Waals surface area contributed by atoms with Gasteiger partial charge in [-0.3, -0.25) is 0 Å². The quantitative estimate of drug-likeness (QED) is 0.680. The van der Waals surface area contributed by atoms with Crippen LogP contribution in [0.2, 0.25) is 0 Å². The number of rotatable bonds is 4. The predicted molar refractivity (Wildman–Crippen MR) is 62.3 cm³/mol. The Balaban J connectivity index is 2.52. The average Bonchev–Trinajstić information content (AvgIpc) is 2.42. The van der Waals surface area contributed by atoms with E-state index < -0.39 is 0 Å². The van der Waals surface area contributed by atoms with Crippen LogP contribution in [0.1, 0.15) is 52.4 Å². The fourth-order valence-electron chi connectivity index (χ4n) is 2.72. The third kappa shape index (κ3) is 2.96. The van der Waals surface area contributed by atoms with E-state index in [-0.39, 0.29) is 5.54 Å². The van der Waals surface area contributed by atoms with Gasteiger partial charge in [0, 0.05) is 12.1 Å². The lowest BCUT2D eigenvalue weighted by Crippen LogP contribution is -2.50. The maximum atomic E-state index is 5.92. The number of hydrogen-bond acceptors (Lipinski definition) is 2. The van der Waals surface area contributed by atoms with Gasteiger partial charge in [-0.05, 0) is 31.7 Å². The van der Waals surface area contributed by atoms with E-state index in [2.05, 4.69) is 19.2 Å².